The maximum Gasteiger partial charge on any atom is 0.257 e. The molecule has 28 heavy (non-hydrogen) atoms. The SMILES string of the molecule is O=C(Nc1nnc(Sc2ccnc3cc(Cl)ccc23)s1)c1cc(F)cc(F)c1. The molecule has 10 heteroatoms. The predicted molar refractivity (Wildman–Crippen MR) is 105 cm³/mol. The molecule has 2 aromatic carbocycles. The molecule has 0 aliphatic rings. The molecule has 0 aliphatic heterocycles. The van der Waals surface area contributed by atoms with Crippen LogP contribution in [0.1, 0.15) is 10.4 Å². The van der Waals surface area contributed by atoms with Crippen LogP contribution in [0.2, 0.25) is 5.02 Å². The number of benzene rings is 2. The summed E-state index contributed by atoms with van der Waals surface area (Å²) in [6, 6.07) is 9.85. The van der Waals surface area contributed by atoms with Gasteiger partial charge < -0.3 is 0 Å². The Hall–Kier alpha value is -2.62. The average molecular weight is 435 g/mol. The molecule has 0 atom stereocenters. The van der Waals surface area contributed by atoms with Crippen LogP contribution in [-0.2, 0) is 0 Å². The highest BCUT2D eigenvalue weighted by atomic mass is 35.5. The summed E-state index contributed by atoms with van der Waals surface area (Å²) in [6.45, 7) is 0. The predicted octanol–water partition coefficient (Wildman–Crippen LogP) is 5.42. The molecule has 0 bridgehead atoms. The molecule has 0 fully saturated rings. The second-order valence-corrected chi connectivity index (χ2v) is 8.26. The third kappa shape index (κ3) is 4.11. The Morgan fingerprint density at radius 2 is 1.86 bits per heavy atom. The molecule has 0 saturated heterocycles. The zero-order chi connectivity index (χ0) is 19.7. The van der Waals surface area contributed by atoms with E-state index >= 15 is 0 Å². The number of nitrogens with one attached hydrogen (secondary N) is 1. The van der Waals surface area contributed by atoms with Crippen molar-refractivity contribution in [2.45, 2.75) is 9.24 Å². The van der Waals surface area contributed by atoms with E-state index < -0.39 is 17.5 Å². The molecule has 2 aromatic heterocycles. The second-order valence-electron chi connectivity index (χ2n) is 5.56. The van der Waals surface area contributed by atoms with Crippen LogP contribution >= 0.6 is 34.7 Å². The molecule has 5 nitrogen and oxygen atoms in total. The van der Waals surface area contributed by atoms with Gasteiger partial charge in [0.1, 0.15) is 11.6 Å². The first kappa shape index (κ1) is 18.7. The molecule has 0 aliphatic carbocycles. The van der Waals surface area contributed by atoms with Gasteiger partial charge in [-0.05, 0) is 30.3 Å². The quantitative estimate of drug-likeness (QED) is 0.434. The van der Waals surface area contributed by atoms with Gasteiger partial charge in [0.15, 0.2) is 4.34 Å². The highest BCUT2D eigenvalue weighted by Gasteiger charge is 2.14. The lowest BCUT2D eigenvalue weighted by atomic mass is 10.2. The van der Waals surface area contributed by atoms with E-state index in [1.54, 1.807) is 18.3 Å². The van der Waals surface area contributed by atoms with E-state index in [0.717, 1.165) is 39.3 Å². The zero-order valence-corrected chi connectivity index (χ0v) is 16.2. The number of pyridine rings is 1. The minimum absolute atomic E-state index is 0.140. The average Bonchev–Trinajstić information content (AvgIpc) is 3.07. The van der Waals surface area contributed by atoms with Gasteiger partial charge >= 0.3 is 0 Å². The molecule has 4 rings (SSSR count). The van der Waals surface area contributed by atoms with E-state index in [9.17, 15) is 13.6 Å². The molecule has 0 spiro atoms. The Morgan fingerprint density at radius 3 is 2.64 bits per heavy atom. The number of amides is 1. The van der Waals surface area contributed by atoms with Crippen molar-refractivity contribution in [3.8, 4) is 0 Å². The smallest absolute Gasteiger partial charge is 0.257 e. The summed E-state index contributed by atoms with van der Waals surface area (Å²) in [7, 11) is 0. The largest absolute Gasteiger partial charge is 0.296 e. The fraction of sp³-hybridized carbons (Fsp3) is 0. The summed E-state index contributed by atoms with van der Waals surface area (Å²) in [4.78, 5) is 17.4. The van der Waals surface area contributed by atoms with E-state index in [4.69, 9.17) is 11.6 Å². The summed E-state index contributed by atoms with van der Waals surface area (Å²) in [5, 5.41) is 12.2. The molecule has 140 valence electrons. The lowest BCUT2D eigenvalue weighted by Crippen LogP contribution is -2.12. The van der Waals surface area contributed by atoms with Crippen molar-refractivity contribution < 1.29 is 13.6 Å². The standard InChI is InChI=1S/C18H9ClF2N4OS2/c19-10-1-2-13-14(7-10)22-4-3-15(13)27-18-25-24-17(28-18)23-16(26)9-5-11(20)8-12(21)6-9/h1-8H,(H,23,24,26). The van der Waals surface area contributed by atoms with Gasteiger partial charge in [-0.3, -0.25) is 15.1 Å². The maximum absolute atomic E-state index is 13.3. The number of rotatable bonds is 4. The number of anilines is 1. The number of fused-ring (bicyclic) bond motifs is 1. The van der Waals surface area contributed by atoms with Crippen LogP contribution in [-0.4, -0.2) is 21.1 Å². The summed E-state index contributed by atoms with van der Waals surface area (Å²) >= 11 is 8.51. The molecule has 0 radical (unpaired) electrons. The van der Waals surface area contributed by atoms with Crippen molar-refractivity contribution in [1.82, 2.24) is 15.2 Å². The third-order valence-electron chi connectivity index (χ3n) is 3.61. The first-order chi connectivity index (χ1) is 13.5. The highest BCUT2D eigenvalue weighted by molar-refractivity contribution is 8.01. The zero-order valence-electron chi connectivity index (χ0n) is 13.8. The number of halogens is 3. The molecule has 1 N–H and O–H groups in total. The van der Waals surface area contributed by atoms with Gasteiger partial charge in [-0.2, -0.15) is 0 Å². The Kier molecular flexibility index (Phi) is 5.21. The Bertz CT molecular complexity index is 1180. The number of carbonyl (C=O) groups is 1. The van der Waals surface area contributed by atoms with Crippen LogP contribution in [0.15, 0.2) is 57.9 Å². The van der Waals surface area contributed by atoms with Gasteiger partial charge in [-0.15, -0.1) is 10.2 Å². The first-order valence-electron chi connectivity index (χ1n) is 7.81. The Labute approximate surface area is 170 Å². The van der Waals surface area contributed by atoms with Gasteiger partial charge in [0.25, 0.3) is 5.91 Å². The minimum Gasteiger partial charge on any atom is -0.296 e. The summed E-state index contributed by atoms with van der Waals surface area (Å²) in [6.07, 6.45) is 1.67. The maximum atomic E-state index is 13.3. The van der Waals surface area contributed by atoms with Gasteiger partial charge in [-0.1, -0.05) is 40.8 Å². The summed E-state index contributed by atoms with van der Waals surface area (Å²) in [5.74, 6) is -2.33. The van der Waals surface area contributed by atoms with E-state index in [0.29, 0.717) is 15.4 Å². The van der Waals surface area contributed by atoms with Crippen LogP contribution in [0.5, 0.6) is 0 Å². The van der Waals surface area contributed by atoms with Crippen molar-refractivity contribution in [2.24, 2.45) is 0 Å². The number of nitrogens with zero attached hydrogens (tertiary/aromatic N) is 3. The first-order valence-corrected chi connectivity index (χ1v) is 9.82. The lowest BCUT2D eigenvalue weighted by Gasteiger charge is -2.03. The van der Waals surface area contributed by atoms with Crippen LogP contribution in [0.25, 0.3) is 10.9 Å². The minimum atomic E-state index is -0.830. The number of aromatic nitrogens is 3. The molecule has 0 unspecified atom stereocenters. The highest BCUT2D eigenvalue weighted by Crippen LogP contribution is 2.36. The monoisotopic (exact) mass is 434 g/mol. The van der Waals surface area contributed by atoms with E-state index in [1.165, 1.54) is 11.8 Å². The molecular formula is C18H9ClF2N4OS2. The second kappa shape index (κ2) is 7.78. The molecule has 2 heterocycles. The van der Waals surface area contributed by atoms with Crippen LogP contribution in [0.3, 0.4) is 0 Å². The topological polar surface area (TPSA) is 67.8 Å². The number of hydrogen-bond donors (Lipinski definition) is 1. The van der Waals surface area contributed by atoms with Gasteiger partial charge in [0.05, 0.1) is 5.52 Å². The number of carbonyl (C=O) groups excluding carboxylic acids is 1. The fourth-order valence-corrected chi connectivity index (χ4v) is 4.43. The normalized spacial score (nSPS) is 11.0. The molecule has 0 saturated carbocycles. The van der Waals surface area contributed by atoms with Crippen molar-refractivity contribution >= 4 is 56.6 Å². The van der Waals surface area contributed by atoms with Crippen LogP contribution in [0, 0.1) is 11.6 Å². The van der Waals surface area contributed by atoms with Crippen molar-refractivity contribution in [2.75, 3.05) is 5.32 Å². The van der Waals surface area contributed by atoms with Gasteiger partial charge in [-0.25, -0.2) is 8.78 Å². The molecule has 4 aromatic rings. The molecular weight excluding hydrogens is 426 g/mol. The van der Waals surface area contributed by atoms with Gasteiger partial charge in [0.2, 0.25) is 5.13 Å². The number of hydrogen-bond acceptors (Lipinski definition) is 6. The van der Waals surface area contributed by atoms with Crippen molar-refractivity contribution in [3.05, 3.63) is 70.9 Å². The van der Waals surface area contributed by atoms with Crippen LogP contribution < -0.4 is 5.32 Å². The van der Waals surface area contributed by atoms with Crippen molar-refractivity contribution in [1.29, 1.82) is 0 Å². The Morgan fingerprint density at radius 1 is 1.07 bits per heavy atom. The fourth-order valence-electron chi connectivity index (χ4n) is 2.43. The van der Waals surface area contributed by atoms with E-state index in [2.05, 4.69) is 20.5 Å². The van der Waals surface area contributed by atoms with E-state index in [1.807, 2.05) is 12.1 Å². The molecule has 1 amide bonds. The Balaban J connectivity index is 1.53. The van der Waals surface area contributed by atoms with Crippen LogP contribution in [0.4, 0.5) is 13.9 Å². The third-order valence-corrected chi connectivity index (χ3v) is 5.81. The van der Waals surface area contributed by atoms with Gasteiger partial charge in [0, 0.05) is 33.1 Å². The summed E-state index contributed by atoms with van der Waals surface area (Å²) in [5.41, 5.74) is 0.614. The van der Waals surface area contributed by atoms with E-state index in [-0.39, 0.29) is 10.7 Å². The van der Waals surface area contributed by atoms with Crippen molar-refractivity contribution in [3.63, 3.8) is 0 Å². The summed E-state index contributed by atoms with van der Waals surface area (Å²) < 4.78 is 27.1. The lowest BCUT2D eigenvalue weighted by molar-refractivity contribution is 0.102.